The Morgan fingerprint density at radius 1 is 1.28 bits per heavy atom. The highest BCUT2D eigenvalue weighted by Crippen LogP contribution is 2.29. The Labute approximate surface area is 213 Å². The van der Waals surface area contributed by atoms with E-state index in [0.717, 1.165) is 23.2 Å². The molecule has 1 amide bonds. The van der Waals surface area contributed by atoms with Crippen LogP contribution in [0.5, 0.6) is 5.75 Å². The van der Waals surface area contributed by atoms with Crippen molar-refractivity contribution in [1.29, 1.82) is 5.26 Å². The van der Waals surface area contributed by atoms with E-state index in [1.807, 2.05) is 13.8 Å². The molecule has 0 bridgehead atoms. The first kappa shape index (κ1) is 25.3. The summed E-state index contributed by atoms with van der Waals surface area (Å²) in [6, 6.07) is 15.0. The third kappa shape index (κ3) is 5.89. The van der Waals surface area contributed by atoms with Crippen molar-refractivity contribution in [2.75, 3.05) is 6.61 Å². The van der Waals surface area contributed by atoms with Crippen molar-refractivity contribution in [3.63, 3.8) is 0 Å². The van der Waals surface area contributed by atoms with E-state index >= 15 is 0 Å². The van der Waals surface area contributed by atoms with E-state index in [1.165, 1.54) is 0 Å². The first-order chi connectivity index (χ1) is 17.4. The molecule has 7 nitrogen and oxygen atoms in total. The minimum atomic E-state index is -0.281. The van der Waals surface area contributed by atoms with Gasteiger partial charge in [-0.15, -0.1) is 0 Å². The van der Waals surface area contributed by atoms with Gasteiger partial charge in [-0.2, -0.15) is 5.26 Å². The van der Waals surface area contributed by atoms with E-state index < -0.39 is 0 Å². The second-order valence-electron chi connectivity index (χ2n) is 9.75. The lowest BCUT2D eigenvalue weighted by Gasteiger charge is -2.31. The van der Waals surface area contributed by atoms with Gasteiger partial charge in [0.15, 0.2) is 0 Å². The van der Waals surface area contributed by atoms with E-state index in [1.54, 1.807) is 18.2 Å². The number of amides is 1. The van der Waals surface area contributed by atoms with Crippen molar-refractivity contribution in [3.05, 3.63) is 83.2 Å². The molecule has 0 saturated heterocycles. The normalized spacial score (nSPS) is 19.2. The van der Waals surface area contributed by atoms with E-state index in [2.05, 4.69) is 71.3 Å². The van der Waals surface area contributed by atoms with E-state index in [-0.39, 0.29) is 24.7 Å². The lowest BCUT2D eigenvalue weighted by atomic mass is 10.00. The summed E-state index contributed by atoms with van der Waals surface area (Å²) in [5.74, 6) is 0.718. The monoisotopic (exact) mass is 486 g/mol. The number of hydrogen-bond donors (Lipinski definition) is 3. The van der Waals surface area contributed by atoms with Crippen LogP contribution in [0.2, 0.25) is 0 Å². The number of aliphatic hydroxyl groups is 1. The molecule has 188 valence electrons. The number of allylic oxidation sites excluding steroid dienone is 1. The van der Waals surface area contributed by atoms with Crippen LogP contribution in [0.25, 0.3) is 5.70 Å². The third-order valence-corrected chi connectivity index (χ3v) is 6.51. The lowest BCUT2D eigenvalue weighted by molar-refractivity contribution is 0.0930. The molecule has 36 heavy (non-hydrogen) atoms. The summed E-state index contributed by atoms with van der Waals surface area (Å²) in [7, 11) is 0. The SMILES string of the molecule is CC(C)Oc1ccc(C(=O)N[C@H](CCO)Cc2ccc(C3=CN4C=CCC(C)C4N3)cc2)cc1C#N. The highest BCUT2D eigenvalue weighted by atomic mass is 16.5. The average molecular weight is 487 g/mol. The number of ether oxygens (including phenoxy) is 1. The molecular formula is C29H34N4O3. The first-order valence-electron chi connectivity index (χ1n) is 12.5. The maximum absolute atomic E-state index is 12.9. The Balaban J connectivity index is 1.41. The predicted octanol–water partition coefficient (Wildman–Crippen LogP) is 4.15. The summed E-state index contributed by atoms with van der Waals surface area (Å²) in [5, 5.41) is 25.7. The molecule has 7 heteroatoms. The van der Waals surface area contributed by atoms with Crippen LogP contribution < -0.4 is 15.4 Å². The van der Waals surface area contributed by atoms with Crippen LogP contribution >= 0.6 is 0 Å². The maximum atomic E-state index is 12.9. The number of hydrogen-bond acceptors (Lipinski definition) is 6. The molecule has 2 heterocycles. The Bertz CT molecular complexity index is 1180. The van der Waals surface area contributed by atoms with Gasteiger partial charge in [-0.25, -0.2) is 0 Å². The van der Waals surface area contributed by atoms with E-state index in [4.69, 9.17) is 4.74 Å². The second kappa shape index (κ2) is 11.3. The fraction of sp³-hybridized carbons (Fsp3) is 0.379. The van der Waals surface area contributed by atoms with Gasteiger partial charge in [0.2, 0.25) is 0 Å². The van der Waals surface area contributed by atoms with Crippen molar-refractivity contribution in [1.82, 2.24) is 15.5 Å². The van der Waals surface area contributed by atoms with Crippen LogP contribution in [0.3, 0.4) is 0 Å². The molecule has 0 fully saturated rings. The van der Waals surface area contributed by atoms with Crippen molar-refractivity contribution >= 4 is 11.6 Å². The van der Waals surface area contributed by atoms with Gasteiger partial charge in [-0.3, -0.25) is 4.79 Å². The molecule has 4 rings (SSSR count). The Hall–Kier alpha value is -3.76. The highest BCUT2D eigenvalue weighted by Gasteiger charge is 2.29. The number of aliphatic hydroxyl groups excluding tert-OH is 1. The molecule has 0 spiro atoms. The van der Waals surface area contributed by atoms with Crippen molar-refractivity contribution in [2.24, 2.45) is 5.92 Å². The highest BCUT2D eigenvalue weighted by molar-refractivity contribution is 5.95. The number of carbonyl (C=O) groups excluding carboxylic acids is 1. The number of nitrogens with one attached hydrogen (secondary N) is 2. The second-order valence-corrected chi connectivity index (χ2v) is 9.75. The molecule has 2 aromatic rings. The molecule has 3 N–H and O–H groups in total. The maximum Gasteiger partial charge on any atom is 0.251 e. The zero-order valence-corrected chi connectivity index (χ0v) is 21.1. The Morgan fingerprint density at radius 3 is 2.72 bits per heavy atom. The minimum absolute atomic E-state index is 0.0344. The van der Waals surface area contributed by atoms with Crippen LogP contribution in [-0.4, -0.2) is 40.8 Å². The van der Waals surface area contributed by atoms with Gasteiger partial charge in [0.1, 0.15) is 18.0 Å². The fourth-order valence-corrected chi connectivity index (χ4v) is 4.63. The molecule has 0 aliphatic carbocycles. The topological polar surface area (TPSA) is 97.6 Å². The van der Waals surface area contributed by atoms with Gasteiger partial charge in [-0.05, 0) is 68.4 Å². The van der Waals surface area contributed by atoms with Crippen LogP contribution in [0.15, 0.2) is 60.9 Å². The summed E-state index contributed by atoms with van der Waals surface area (Å²) in [6.45, 7) is 5.99. The van der Waals surface area contributed by atoms with Crippen molar-refractivity contribution in [2.45, 2.75) is 58.3 Å². The lowest BCUT2D eigenvalue weighted by Crippen LogP contribution is -2.40. The van der Waals surface area contributed by atoms with E-state index in [9.17, 15) is 15.2 Å². The predicted molar refractivity (Wildman–Crippen MR) is 140 cm³/mol. The summed E-state index contributed by atoms with van der Waals surface area (Å²) in [6.07, 6.45) is 8.80. The van der Waals surface area contributed by atoms with Gasteiger partial charge in [0, 0.05) is 30.6 Å². The largest absolute Gasteiger partial charge is 0.490 e. The number of carbonyl (C=O) groups is 1. The smallest absolute Gasteiger partial charge is 0.251 e. The molecule has 2 aliphatic heterocycles. The Kier molecular flexibility index (Phi) is 7.97. The molecule has 2 aliphatic rings. The molecule has 0 aromatic heterocycles. The van der Waals surface area contributed by atoms with Gasteiger partial charge < -0.3 is 25.4 Å². The van der Waals surface area contributed by atoms with Gasteiger partial charge in [-0.1, -0.05) is 37.3 Å². The van der Waals surface area contributed by atoms with Crippen LogP contribution in [-0.2, 0) is 6.42 Å². The Morgan fingerprint density at radius 2 is 2.06 bits per heavy atom. The molecule has 2 aromatic carbocycles. The number of nitriles is 1. The zero-order valence-electron chi connectivity index (χ0n) is 21.1. The van der Waals surface area contributed by atoms with Crippen LogP contribution in [0.4, 0.5) is 0 Å². The number of nitrogens with zero attached hydrogens (tertiary/aromatic N) is 2. The summed E-state index contributed by atoms with van der Waals surface area (Å²) in [5.41, 5.74) is 3.99. The van der Waals surface area contributed by atoms with Gasteiger partial charge >= 0.3 is 0 Å². The summed E-state index contributed by atoms with van der Waals surface area (Å²) < 4.78 is 5.65. The molecule has 0 saturated carbocycles. The quantitative estimate of drug-likeness (QED) is 0.493. The minimum Gasteiger partial charge on any atom is -0.490 e. The van der Waals surface area contributed by atoms with Gasteiger partial charge in [0.05, 0.1) is 17.4 Å². The molecular weight excluding hydrogens is 452 g/mol. The summed E-state index contributed by atoms with van der Waals surface area (Å²) in [4.78, 5) is 15.2. The average Bonchev–Trinajstić information content (AvgIpc) is 3.30. The molecule has 0 radical (unpaired) electrons. The number of benzene rings is 2. The standard InChI is InChI=1S/C29H34N4O3/c1-19(2)36-27-11-10-23(16-24(27)17-30)29(35)31-25(12-14-34)15-21-6-8-22(9-7-21)26-18-33-13-4-5-20(3)28(33)32-26/h4,6-11,13,16,18-20,25,28,32,34H,5,12,14-15H2,1-3H3,(H,31,35)/t20?,25-,28?/m1/s1. The van der Waals surface area contributed by atoms with Gasteiger partial charge in [0.25, 0.3) is 5.91 Å². The van der Waals surface area contributed by atoms with Crippen molar-refractivity contribution < 1.29 is 14.6 Å². The van der Waals surface area contributed by atoms with E-state index in [0.29, 0.717) is 41.8 Å². The van der Waals surface area contributed by atoms with Crippen molar-refractivity contribution in [3.8, 4) is 11.8 Å². The summed E-state index contributed by atoms with van der Waals surface area (Å²) >= 11 is 0. The fourth-order valence-electron chi connectivity index (χ4n) is 4.63. The number of fused-ring (bicyclic) bond motifs is 1. The number of rotatable bonds is 9. The first-order valence-corrected chi connectivity index (χ1v) is 12.5. The molecule has 2 unspecified atom stereocenters. The third-order valence-electron chi connectivity index (χ3n) is 6.51. The molecule has 3 atom stereocenters. The van der Waals surface area contributed by atoms with Crippen LogP contribution in [0.1, 0.15) is 60.7 Å². The zero-order chi connectivity index (χ0) is 25.7. The van der Waals surface area contributed by atoms with Crippen LogP contribution in [0, 0.1) is 17.2 Å².